The Morgan fingerprint density at radius 1 is 1.53 bits per heavy atom. The number of benzene rings is 1. The monoisotopic (exact) mass is 227 g/mol. The van der Waals surface area contributed by atoms with Gasteiger partial charge < -0.3 is 10.1 Å². The lowest BCUT2D eigenvalue weighted by molar-refractivity contribution is 0.413. The van der Waals surface area contributed by atoms with Crippen LogP contribution in [0.25, 0.3) is 0 Å². The molecule has 2 atom stereocenters. The average Bonchev–Trinajstić information content (AvgIpc) is 2.28. The molecule has 0 heterocycles. The van der Waals surface area contributed by atoms with Gasteiger partial charge in [-0.1, -0.05) is 6.07 Å². The van der Waals surface area contributed by atoms with Crippen LogP contribution >= 0.6 is 0 Å². The molecule has 0 aliphatic heterocycles. The SMILES string of the molecule is CNC(C)CS(=O)c1cccc(OC)c1. The summed E-state index contributed by atoms with van der Waals surface area (Å²) in [6.07, 6.45) is 0. The van der Waals surface area contributed by atoms with Crippen LogP contribution in [0.1, 0.15) is 6.92 Å². The van der Waals surface area contributed by atoms with Crippen molar-refractivity contribution >= 4 is 10.8 Å². The molecule has 2 unspecified atom stereocenters. The maximum absolute atomic E-state index is 11.9. The van der Waals surface area contributed by atoms with Crippen molar-refractivity contribution in [3.8, 4) is 5.75 Å². The van der Waals surface area contributed by atoms with Crippen molar-refractivity contribution in [2.75, 3.05) is 19.9 Å². The molecule has 0 aromatic heterocycles. The zero-order valence-corrected chi connectivity index (χ0v) is 10.1. The lowest BCUT2D eigenvalue weighted by Gasteiger charge is -2.10. The summed E-state index contributed by atoms with van der Waals surface area (Å²) in [5, 5.41) is 3.07. The van der Waals surface area contributed by atoms with E-state index < -0.39 is 10.8 Å². The second kappa shape index (κ2) is 5.88. The standard InChI is InChI=1S/C11H17NO2S/c1-9(12-2)8-15(13)11-6-4-5-10(7-11)14-3/h4-7,9,12H,8H2,1-3H3. The minimum Gasteiger partial charge on any atom is -0.497 e. The lowest BCUT2D eigenvalue weighted by Crippen LogP contribution is -2.27. The summed E-state index contributed by atoms with van der Waals surface area (Å²) in [6, 6.07) is 7.63. The zero-order chi connectivity index (χ0) is 11.3. The number of hydrogen-bond acceptors (Lipinski definition) is 3. The zero-order valence-electron chi connectivity index (χ0n) is 9.32. The summed E-state index contributed by atoms with van der Waals surface area (Å²) < 4.78 is 17.0. The molecule has 0 saturated heterocycles. The third-order valence-electron chi connectivity index (χ3n) is 2.20. The van der Waals surface area contributed by atoms with Crippen LogP contribution in [0.2, 0.25) is 0 Å². The van der Waals surface area contributed by atoms with Gasteiger partial charge in [-0.25, -0.2) is 0 Å². The molecular weight excluding hydrogens is 210 g/mol. The highest BCUT2D eigenvalue weighted by Crippen LogP contribution is 2.16. The molecule has 15 heavy (non-hydrogen) atoms. The van der Waals surface area contributed by atoms with Crippen LogP contribution in [0.5, 0.6) is 5.75 Å². The summed E-state index contributed by atoms with van der Waals surface area (Å²) in [5.74, 6) is 1.36. The number of hydrogen-bond donors (Lipinski definition) is 1. The van der Waals surface area contributed by atoms with E-state index in [1.54, 1.807) is 7.11 Å². The molecule has 0 spiro atoms. The smallest absolute Gasteiger partial charge is 0.120 e. The summed E-state index contributed by atoms with van der Waals surface area (Å²) in [4.78, 5) is 0.816. The van der Waals surface area contributed by atoms with Gasteiger partial charge in [0.05, 0.1) is 17.9 Å². The maximum Gasteiger partial charge on any atom is 0.120 e. The molecule has 1 aromatic carbocycles. The largest absolute Gasteiger partial charge is 0.497 e. The normalized spacial score (nSPS) is 14.6. The number of nitrogens with one attached hydrogen (secondary N) is 1. The van der Waals surface area contributed by atoms with Gasteiger partial charge in [-0.05, 0) is 32.2 Å². The van der Waals surface area contributed by atoms with E-state index in [1.807, 2.05) is 38.2 Å². The molecule has 1 rings (SSSR count). The fourth-order valence-corrected chi connectivity index (χ4v) is 2.44. The molecule has 0 bridgehead atoms. The van der Waals surface area contributed by atoms with Crippen LogP contribution in [0.3, 0.4) is 0 Å². The van der Waals surface area contributed by atoms with Crippen LogP contribution in [0, 0.1) is 0 Å². The van der Waals surface area contributed by atoms with Crippen LogP contribution in [0.4, 0.5) is 0 Å². The van der Waals surface area contributed by atoms with Crippen molar-refractivity contribution in [1.29, 1.82) is 0 Å². The predicted octanol–water partition coefficient (Wildman–Crippen LogP) is 1.41. The van der Waals surface area contributed by atoms with Crippen molar-refractivity contribution in [2.45, 2.75) is 17.9 Å². The molecule has 0 fully saturated rings. The molecule has 84 valence electrons. The van der Waals surface area contributed by atoms with Gasteiger partial charge in [-0.3, -0.25) is 4.21 Å². The molecule has 4 heteroatoms. The highest BCUT2D eigenvalue weighted by molar-refractivity contribution is 7.85. The van der Waals surface area contributed by atoms with E-state index in [4.69, 9.17) is 4.74 Å². The van der Waals surface area contributed by atoms with E-state index in [9.17, 15) is 4.21 Å². The topological polar surface area (TPSA) is 38.3 Å². The lowest BCUT2D eigenvalue weighted by atomic mass is 10.3. The van der Waals surface area contributed by atoms with Crippen LogP contribution in [-0.4, -0.2) is 30.2 Å². The molecule has 1 aromatic rings. The highest BCUT2D eigenvalue weighted by Gasteiger charge is 2.08. The van der Waals surface area contributed by atoms with Gasteiger partial charge >= 0.3 is 0 Å². The van der Waals surface area contributed by atoms with Gasteiger partial charge in [0.15, 0.2) is 0 Å². The molecule has 0 aliphatic carbocycles. The van der Waals surface area contributed by atoms with Crippen molar-refractivity contribution < 1.29 is 8.95 Å². The number of ether oxygens (including phenoxy) is 1. The van der Waals surface area contributed by atoms with E-state index in [2.05, 4.69) is 5.32 Å². The fraction of sp³-hybridized carbons (Fsp3) is 0.455. The maximum atomic E-state index is 11.9. The Morgan fingerprint density at radius 2 is 2.27 bits per heavy atom. The Balaban J connectivity index is 2.73. The van der Waals surface area contributed by atoms with E-state index in [0.29, 0.717) is 5.75 Å². The Morgan fingerprint density at radius 3 is 2.87 bits per heavy atom. The van der Waals surface area contributed by atoms with E-state index >= 15 is 0 Å². The van der Waals surface area contributed by atoms with Crippen LogP contribution in [-0.2, 0) is 10.8 Å². The predicted molar refractivity (Wildman–Crippen MR) is 62.8 cm³/mol. The summed E-state index contributed by atoms with van der Waals surface area (Å²) >= 11 is 0. The van der Waals surface area contributed by atoms with Gasteiger partial charge in [0.25, 0.3) is 0 Å². The molecule has 0 radical (unpaired) electrons. The summed E-state index contributed by atoms with van der Waals surface area (Å²) in [7, 11) is 2.51. The average molecular weight is 227 g/mol. The first-order valence-electron chi connectivity index (χ1n) is 4.87. The third-order valence-corrected chi connectivity index (χ3v) is 3.78. The van der Waals surface area contributed by atoms with Crippen LogP contribution < -0.4 is 10.1 Å². The van der Waals surface area contributed by atoms with Crippen molar-refractivity contribution in [3.05, 3.63) is 24.3 Å². The van der Waals surface area contributed by atoms with Crippen LogP contribution in [0.15, 0.2) is 29.2 Å². The second-order valence-corrected chi connectivity index (χ2v) is 4.88. The molecule has 0 aliphatic rings. The quantitative estimate of drug-likeness (QED) is 0.826. The first kappa shape index (κ1) is 12.2. The van der Waals surface area contributed by atoms with Crippen molar-refractivity contribution in [1.82, 2.24) is 5.32 Å². The number of rotatable bonds is 5. The molecule has 0 amide bonds. The first-order chi connectivity index (χ1) is 7.17. The Hall–Kier alpha value is -0.870. The van der Waals surface area contributed by atoms with Gasteiger partial charge in [-0.15, -0.1) is 0 Å². The van der Waals surface area contributed by atoms with E-state index in [0.717, 1.165) is 10.6 Å². The number of methoxy groups -OCH3 is 1. The van der Waals surface area contributed by atoms with Crippen molar-refractivity contribution in [2.24, 2.45) is 0 Å². The van der Waals surface area contributed by atoms with E-state index in [-0.39, 0.29) is 6.04 Å². The van der Waals surface area contributed by atoms with Gasteiger partial charge in [0.2, 0.25) is 0 Å². The highest BCUT2D eigenvalue weighted by atomic mass is 32.2. The fourth-order valence-electron chi connectivity index (χ4n) is 1.15. The van der Waals surface area contributed by atoms with Gasteiger partial charge in [0, 0.05) is 16.7 Å². The molecular formula is C11H17NO2S. The Bertz CT molecular complexity index is 341. The van der Waals surface area contributed by atoms with Gasteiger partial charge in [-0.2, -0.15) is 0 Å². The molecule has 0 saturated carbocycles. The Kier molecular flexibility index (Phi) is 4.78. The Labute approximate surface area is 93.3 Å². The van der Waals surface area contributed by atoms with E-state index in [1.165, 1.54) is 0 Å². The van der Waals surface area contributed by atoms with Crippen molar-refractivity contribution in [3.63, 3.8) is 0 Å². The minimum absolute atomic E-state index is 0.247. The van der Waals surface area contributed by atoms with Gasteiger partial charge in [0.1, 0.15) is 5.75 Å². The minimum atomic E-state index is -0.968. The third kappa shape index (κ3) is 3.64. The second-order valence-electron chi connectivity index (χ2n) is 3.38. The molecule has 1 N–H and O–H groups in total. The summed E-state index contributed by atoms with van der Waals surface area (Å²) in [6.45, 7) is 2.01. The molecule has 3 nitrogen and oxygen atoms in total. The summed E-state index contributed by atoms with van der Waals surface area (Å²) in [5.41, 5.74) is 0. The first-order valence-corrected chi connectivity index (χ1v) is 6.19.